The van der Waals surface area contributed by atoms with Crippen molar-refractivity contribution in [2.45, 2.75) is 19.8 Å². The van der Waals surface area contributed by atoms with E-state index in [2.05, 4.69) is 48.4 Å². The van der Waals surface area contributed by atoms with E-state index in [9.17, 15) is 4.79 Å². The van der Waals surface area contributed by atoms with E-state index in [1.165, 1.54) is 16.9 Å². The quantitative estimate of drug-likeness (QED) is 0.929. The van der Waals surface area contributed by atoms with Gasteiger partial charge in [-0.05, 0) is 23.1 Å². The Morgan fingerprint density at radius 2 is 1.95 bits per heavy atom. The standard InChI is InChI=1S/C16H18N2OS/c1-11(2)13-7-4-12(5-8-13)6-9-15-18-10-14(20-15)16(19)17-3/h4-11H,1-3H3,(H,17,19). The third-order valence-electron chi connectivity index (χ3n) is 3.00. The fourth-order valence-electron chi connectivity index (χ4n) is 1.75. The van der Waals surface area contributed by atoms with Crippen LogP contribution >= 0.6 is 11.3 Å². The monoisotopic (exact) mass is 286 g/mol. The third-order valence-corrected chi connectivity index (χ3v) is 3.96. The maximum Gasteiger partial charge on any atom is 0.262 e. The molecule has 0 saturated heterocycles. The zero-order valence-corrected chi connectivity index (χ0v) is 12.7. The van der Waals surface area contributed by atoms with Gasteiger partial charge in [0.1, 0.15) is 9.88 Å². The SMILES string of the molecule is CNC(=O)c1cnc(C=Cc2ccc(C(C)C)cc2)s1. The average Bonchev–Trinajstić information content (AvgIpc) is 2.93. The van der Waals surface area contributed by atoms with Gasteiger partial charge in [-0.3, -0.25) is 4.79 Å². The molecule has 0 unspecified atom stereocenters. The molecule has 0 aliphatic rings. The minimum Gasteiger partial charge on any atom is -0.354 e. The van der Waals surface area contributed by atoms with Gasteiger partial charge in [-0.1, -0.05) is 44.2 Å². The number of thiazole rings is 1. The molecule has 104 valence electrons. The molecule has 1 amide bonds. The van der Waals surface area contributed by atoms with Gasteiger partial charge in [-0.15, -0.1) is 11.3 Å². The molecule has 1 heterocycles. The highest BCUT2D eigenvalue weighted by molar-refractivity contribution is 7.14. The second kappa shape index (κ2) is 6.48. The molecule has 0 fully saturated rings. The fraction of sp³-hybridized carbons (Fsp3) is 0.250. The first-order valence-corrected chi connectivity index (χ1v) is 7.37. The Labute approximate surface area is 123 Å². The topological polar surface area (TPSA) is 42.0 Å². The molecular formula is C16H18N2OS. The lowest BCUT2D eigenvalue weighted by atomic mass is 10.0. The summed E-state index contributed by atoms with van der Waals surface area (Å²) in [5.74, 6) is 0.450. The van der Waals surface area contributed by atoms with Crippen LogP contribution < -0.4 is 5.32 Å². The molecule has 2 rings (SSSR count). The van der Waals surface area contributed by atoms with Gasteiger partial charge in [0.2, 0.25) is 0 Å². The minimum atomic E-state index is -0.0940. The van der Waals surface area contributed by atoms with Crippen LogP contribution in [-0.4, -0.2) is 17.9 Å². The summed E-state index contributed by atoms with van der Waals surface area (Å²) in [5, 5.41) is 3.42. The van der Waals surface area contributed by atoms with Crippen molar-refractivity contribution in [3.05, 3.63) is 51.5 Å². The van der Waals surface area contributed by atoms with Crippen molar-refractivity contribution in [1.82, 2.24) is 10.3 Å². The van der Waals surface area contributed by atoms with E-state index >= 15 is 0 Å². The van der Waals surface area contributed by atoms with E-state index in [4.69, 9.17) is 0 Å². The van der Waals surface area contributed by atoms with Crippen LogP contribution in [0, 0.1) is 0 Å². The Morgan fingerprint density at radius 3 is 2.55 bits per heavy atom. The van der Waals surface area contributed by atoms with E-state index in [-0.39, 0.29) is 5.91 Å². The summed E-state index contributed by atoms with van der Waals surface area (Å²) in [6.45, 7) is 4.36. The molecular weight excluding hydrogens is 268 g/mol. The highest BCUT2D eigenvalue weighted by atomic mass is 32.1. The van der Waals surface area contributed by atoms with E-state index < -0.39 is 0 Å². The van der Waals surface area contributed by atoms with Gasteiger partial charge in [0.25, 0.3) is 5.91 Å². The summed E-state index contributed by atoms with van der Waals surface area (Å²) in [6.07, 6.45) is 5.54. The normalized spacial score (nSPS) is 11.2. The van der Waals surface area contributed by atoms with Crippen LogP contribution in [0.1, 0.15) is 45.6 Å². The number of hydrogen-bond acceptors (Lipinski definition) is 3. The maximum absolute atomic E-state index is 11.4. The van der Waals surface area contributed by atoms with Gasteiger partial charge in [-0.2, -0.15) is 0 Å². The first kappa shape index (κ1) is 14.5. The molecule has 1 N–H and O–H groups in total. The zero-order valence-electron chi connectivity index (χ0n) is 11.9. The van der Waals surface area contributed by atoms with E-state index in [1.54, 1.807) is 13.2 Å². The highest BCUT2D eigenvalue weighted by Crippen LogP contribution is 2.18. The van der Waals surface area contributed by atoms with Crippen LogP contribution in [0.2, 0.25) is 0 Å². The number of hydrogen-bond donors (Lipinski definition) is 1. The Hall–Kier alpha value is -1.94. The van der Waals surface area contributed by atoms with Crippen LogP contribution in [-0.2, 0) is 0 Å². The van der Waals surface area contributed by atoms with Gasteiger partial charge in [0.15, 0.2) is 0 Å². The number of carbonyl (C=O) groups is 1. The van der Waals surface area contributed by atoms with Crippen molar-refractivity contribution in [2.75, 3.05) is 7.05 Å². The summed E-state index contributed by atoms with van der Waals surface area (Å²) in [7, 11) is 1.62. The number of nitrogens with one attached hydrogen (secondary N) is 1. The molecule has 0 aliphatic heterocycles. The minimum absolute atomic E-state index is 0.0940. The van der Waals surface area contributed by atoms with Gasteiger partial charge >= 0.3 is 0 Å². The van der Waals surface area contributed by atoms with Crippen molar-refractivity contribution >= 4 is 29.4 Å². The zero-order chi connectivity index (χ0) is 14.5. The number of rotatable bonds is 4. The average molecular weight is 286 g/mol. The van der Waals surface area contributed by atoms with Gasteiger partial charge in [0.05, 0.1) is 6.20 Å². The van der Waals surface area contributed by atoms with Crippen molar-refractivity contribution in [3.63, 3.8) is 0 Å². The third kappa shape index (κ3) is 3.54. The summed E-state index contributed by atoms with van der Waals surface area (Å²) in [4.78, 5) is 16.3. The number of amides is 1. The molecule has 0 bridgehead atoms. The molecule has 1 aromatic carbocycles. The lowest BCUT2D eigenvalue weighted by molar-refractivity contribution is 0.0967. The van der Waals surface area contributed by atoms with Crippen LogP contribution in [0.15, 0.2) is 30.5 Å². The predicted molar refractivity (Wildman–Crippen MR) is 85.0 cm³/mol. The molecule has 20 heavy (non-hydrogen) atoms. The van der Waals surface area contributed by atoms with Crippen LogP contribution in [0.5, 0.6) is 0 Å². The second-order valence-electron chi connectivity index (χ2n) is 4.80. The lowest BCUT2D eigenvalue weighted by Crippen LogP contribution is -2.16. The lowest BCUT2D eigenvalue weighted by Gasteiger charge is -2.04. The summed E-state index contributed by atoms with van der Waals surface area (Å²) >= 11 is 1.38. The van der Waals surface area contributed by atoms with Gasteiger partial charge in [0, 0.05) is 7.05 Å². The predicted octanol–water partition coefficient (Wildman–Crippen LogP) is 3.80. The number of carbonyl (C=O) groups excluding carboxylic acids is 1. The number of aromatic nitrogens is 1. The number of benzene rings is 1. The van der Waals surface area contributed by atoms with Gasteiger partial charge in [-0.25, -0.2) is 4.98 Å². The molecule has 2 aromatic rings. The maximum atomic E-state index is 11.4. The summed E-state index contributed by atoms with van der Waals surface area (Å²) < 4.78 is 0. The second-order valence-corrected chi connectivity index (χ2v) is 5.86. The van der Waals surface area contributed by atoms with E-state index in [0.29, 0.717) is 10.8 Å². The molecule has 0 atom stereocenters. The van der Waals surface area contributed by atoms with E-state index in [1.807, 2.05) is 12.2 Å². The van der Waals surface area contributed by atoms with Crippen molar-refractivity contribution in [2.24, 2.45) is 0 Å². The van der Waals surface area contributed by atoms with Crippen molar-refractivity contribution in [3.8, 4) is 0 Å². The van der Waals surface area contributed by atoms with Crippen molar-refractivity contribution < 1.29 is 4.79 Å². The fourth-order valence-corrected chi connectivity index (χ4v) is 2.52. The molecule has 3 nitrogen and oxygen atoms in total. The molecule has 0 saturated carbocycles. The Kier molecular flexibility index (Phi) is 4.69. The molecule has 1 aromatic heterocycles. The highest BCUT2D eigenvalue weighted by Gasteiger charge is 2.06. The Bertz CT molecular complexity index is 612. The van der Waals surface area contributed by atoms with Crippen LogP contribution in [0.3, 0.4) is 0 Å². The van der Waals surface area contributed by atoms with Crippen molar-refractivity contribution in [1.29, 1.82) is 0 Å². The molecule has 0 spiro atoms. The first-order valence-electron chi connectivity index (χ1n) is 6.56. The largest absolute Gasteiger partial charge is 0.354 e. The van der Waals surface area contributed by atoms with Gasteiger partial charge < -0.3 is 5.32 Å². The summed E-state index contributed by atoms with van der Waals surface area (Å²) in [6, 6.07) is 8.47. The first-order chi connectivity index (χ1) is 9.60. The Morgan fingerprint density at radius 1 is 1.25 bits per heavy atom. The molecule has 4 heteroatoms. The van der Waals surface area contributed by atoms with Crippen LogP contribution in [0.4, 0.5) is 0 Å². The van der Waals surface area contributed by atoms with Crippen LogP contribution in [0.25, 0.3) is 12.2 Å². The summed E-state index contributed by atoms with van der Waals surface area (Å²) in [5.41, 5.74) is 2.46. The number of nitrogens with zero attached hydrogens (tertiary/aromatic N) is 1. The molecule has 0 radical (unpaired) electrons. The molecule has 0 aliphatic carbocycles. The Balaban J connectivity index is 2.09. The van der Waals surface area contributed by atoms with E-state index in [0.717, 1.165) is 10.6 Å². The smallest absolute Gasteiger partial charge is 0.262 e.